The second-order valence-corrected chi connectivity index (χ2v) is 4.48. The number of methoxy groups -OCH3 is 1. The van der Waals surface area contributed by atoms with E-state index in [0.29, 0.717) is 17.0 Å². The van der Waals surface area contributed by atoms with E-state index in [0.717, 1.165) is 0 Å². The molecule has 2 N–H and O–H groups in total. The lowest BCUT2D eigenvalue weighted by molar-refractivity contribution is -0.138. The number of hydrogen-bond acceptors (Lipinski definition) is 4. The number of carbonyl (C=O) groups excluding carboxylic acids is 1. The first-order valence-electron chi connectivity index (χ1n) is 6.06. The second kappa shape index (κ2) is 7.14. The number of hydrogen-bond donors (Lipinski definition) is 2. The monoisotopic (exact) mass is 276 g/mol. The van der Waals surface area contributed by atoms with Crippen molar-refractivity contribution < 1.29 is 19.4 Å². The third-order valence-corrected chi connectivity index (χ3v) is 2.66. The van der Waals surface area contributed by atoms with Crippen LogP contribution in [0.4, 0.5) is 5.69 Å². The third kappa shape index (κ3) is 4.61. The Morgan fingerprint density at radius 1 is 1.45 bits per heavy atom. The van der Waals surface area contributed by atoms with Gasteiger partial charge in [-0.15, -0.1) is 0 Å². The summed E-state index contributed by atoms with van der Waals surface area (Å²) in [5.41, 5.74) is 0.887. The van der Waals surface area contributed by atoms with Gasteiger partial charge in [-0.1, -0.05) is 6.92 Å². The first-order valence-corrected chi connectivity index (χ1v) is 6.06. The Kier molecular flexibility index (Phi) is 5.54. The molecule has 1 aromatic rings. The molecule has 0 aromatic heterocycles. The summed E-state index contributed by atoms with van der Waals surface area (Å²) >= 11 is 0. The standard InChI is InChI=1S/C14H16N2O4/c1-9(6-14(18)19)5-13(17)16-11-4-3-10(8-15)7-12(11)20-2/h3-4,7,9H,5-6H2,1-2H3,(H,16,17)(H,18,19). The molecule has 1 aromatic carbocycles. The number of ether oxygens (including phenoxy) is 1. The molecule has 0 aliphatic carbocycles. The topological polar surface area (TPSA) is 99.4 Å². The fourth-order valence-corrected chi connectivity index (χ4v) is 1.75. The van der Waals surface area contributed by atoms with E-state index in [1.165, 1.54) is 13.2 Å². The Hall–Kier alpha value is -2.55. The zero-order valence-corrected chi connectivity index (χ0v) is 11.3. The SMILES string of the molecule is COc1cc(C#N)ccc1NC(=O)CC(C)CC(=O)O. The fourth-order valence-electron chi connectivity index (χ4n) is 1.75. The van der Waals surface area contributed by atoms with Crippen LogP contribution < -0.4 is 10.1 Å². The molecule has 106 valence electrons. The summed E-state index contributed by atoms with van der Waals surface area (Å²) in [6.45, 7) is 1.70. The number of nitrogens with one attached hydrogen (secondary N) is 1. The molecule has 0 saturated heterocycles. The maximum Gasteiger partial charge on any atom is 0.303 e. The number of carboxylic acids is 1. The number of aliphatic carboxylic acids is 1. The van der Waals surface area contributed by atoms with E-state index in [1.54, 1.807) is 19.1 Å². The summed E-state index contributed by atoms with van der Waals surface area (Å²) < 4.78 is 5.10. The van der Waals surface area contributed by atoms with E-state index in [-0.39, 0.29) is 24.7 Å². The molecule has 1 unspecified atom stereocenters. The van der Waals surface area contributed by atoms with Crippen LogP contribution in [0.25, 0.3) is 0 Å². The molecule has 0 heterocycles. The molecule has 0 spiro atoms. The largest absolute Gasteiger partial charge is 0.495 e. The van der Waals surface area contributed by atoms with Crippen molar-refractivity contribution >= 4 is 17.6 Å². The van der Waals surface area contributed by atoms with Crippen molar-refractivity contribution in [2.24, 2.45) is 5.92 Å². The average Bonchev–Trinajstić information content (AvgIpc) is 2.37. The van der Waals surface area contributed by atoms with Gasteiger partial charge in [0.25, 0.3) is 0 Å². The van der Waals surface area contributed by atoms with E-state index < -0.39 is 5.97 Å². The molecule has 6 heteroatoms. The molecule has 6 nitrogen and oxygen atoms in total. The molecular weight excluding hydrogens is 260 g/mol. The van der Waals surface area contributed by atoms with Gasteiger partial charge in [0.2, 0.25) is 5.91 Å². The van der Waals surface area contributed by atoms with Crippen molar-refractivity contribution in [1.29, 1.82) is 5.26 Å². The second-order valence-electron chi connectivity index (χ2n) is 4.48. The van der Waals surface area contributed by atoms with Gasteiger partial charge in [0.1, 0.15) is 5.75 Å². The van der Waals surface area contributed by atoms with Crippen molar-refractivity contribution in [3.63, 3.8) is 0 Å². The van der Waals surface area contributed by atoms with E-state index in [4.69, 9.17) is 15.1 Å². The van der Waals surface area contributed by atoms with Crippen molar-refractivity contribution in [2.75, 3.05) is 12.4 Å². The normalized spacial score (nSPS) is 11.2. The van der Waals surface area contributed by atoms with Crippen LogP contribution in [-0.4, -0.2) is 24.1 Å². The predicted octanol–water partition coefficient (Wildman–Crippen LogP) is 2.01. The van der Waals surface area contributed by atoms with E-state index in [9.17, 15) is 9.59 Å². The quantitative estimate of drug-likeness (QED) is 0.827. The van der Waals surface area contributed by atoms with Crippen LogP contribution in [0.1, 0.15) is 25.3 Å². The van der Waals surface area contributed by atoms with Crippen LogP contribution in [0.15, 0.2) is 18.2 Å². The molecule has 0 bridgehead atoms. The average molecular weight is 276 g/mol. The van der Waals surface area contributed by atoms with Gasteiger partial charge in [-0.2, -0.15) is 5.26 Å². The Labute approximate surface area is 117 Å². The molecule has 1 atom stereocenters. The van der Waals surface area contributed by atoms with Gasteiger partial charge in [-0.3, -0.25) is 9.59 Å². The lowest BCUT2D eigenvalue weighted by atomic mass is 10.0. The number of nitrogens with zero attached hydrogens (tertiary/aromatic N) is 1. The van der Waals surface area contributed by atoms with Gasteiger partial charge in [-0.25, -0.2) is 0 Å². The Morgan fingerprint density at radius 3 is 2.70 bits per heavy atom. The molecule has 20 heavy (non-hydrogen) atoms. The van der Waals surface area contributed by atoms with Crippen molar-refractivity contribution in [1.82, 2.24) is 0 Å². The van der Waals surface area contributed by atoms with Crippen LogP contribution in [0.5, 0.6) is 5.75 Å². The van der Waals surface area contributed by atoms with Crippen LogP contribution in [0.2, 0.25) is 0 Å². The van der Waals surface area contributed by atoms with E-state index in [1.807, 2.05) is 6.07 Å². The molecule has 0 fully saturated rings. The van der Waals surface area contributed by atoms with E-state index >= 15 is 0 Å². The summed E-state index contributed by atoms with van der Waals surface area (Å²) in [7, 11) is 1.44. The minimum absolute atomic E-state index is 0.0576. The number of benzene rings is 1. The lowest BCUT2D eigenvalue weighted by Gasteiger charge is -2.12. The number of carbonyl (C=O) groups is 2. The van der Waals surface area contributed by atoms with Gasteiger partial charge in [0.05, 0.1) is 24.4 Å². The van der Waals surface area contributed by atoms with Crippen molar-refractivity contribution in [2.45, 2.75) is 19.8 Å². The highest BCUT2D eigenvalue weighted by Crippen LogP contribution is 2.25. The highest BCUT2D eigenvalue weighted by molar-refractivity contribution is 5.92. The number of amides is 1. The van der Waals surface area contributed by atoms with Crippen molar-refractivity contribution in [3.8, 4) is 11.8 Å². The minimum Gasteiger partial charge on any atom is -0.495 e. The highest BCUT2D eigenvalue weighted by atomic mass is 16.5. The summed E-state index contributed by atoms with van der Waals surface area (Å²) in [5, 5.41) is 20.1. The molecule has 0 aliphatic heterocycles. The summed E-state index contributed by atoms with van der Waals surface area (Å²) in [4.78, 5) is 22.3. The molecule has 0 saturated carbocycles. The Morgan fingerprint density at radius 2 is 2.15 bits per heavy atom. The first kappa shape index (κ1) is 15.5. The van der Waals surface area contributed by atoms with Gasteiger partial charge in [-0.05, 0) is 18.1 Å². The van der Waals surface area contributed by atoms with Gasteiger partial charge < -0.3 is 15.2 Å². The first-order chi connectivity index (χ1) is 9.46. The lowest BCUT2D eigenvalue weighted by Crippen LogP contribution is -2.17. The fraction of sp³-hybridized carbons (Fsp3) is 0.357. The van der Waals surface area contributed by atoms with Crippen molar-refractivity contribution in [3.05, 3.63) is 23.8 Å². The smallest absolute Gasteiger partial charge is 0.303 e. The van der Waals surface area contributed by atoms with Crippen LogP contribution in [0.3, 0.4) is 0 Å². The maximum absolute atomic E-state index is 11.8. The predicted molar refractivity (Wildman–Crippen MR) is 72.4 cm³/mol. The number of rotatable bonds is 6. The number of nitriles is 1. The van der Waals surface area contributed by atoms with Crippen LogP contribution >= 0.6 is 0 Å². The van der Waals surface area contributed by atoms with Crippen LogP contribution in [-0.2, 0) is 9.59 Å². The number of anilines is 1. The van der Waals surface area contributed by atoms with Gasteiger partial charge in [0, 0.05) is 18.9 Å². The highest BCUT2D eigenvalue weighted by Gasteiger charge is 2.14. The zero-order chi connectivity index (χ0) is 15.1. The molecule has 1 rings (SSSR count). The van der Waals surface area contributed by atoms with Gasteiger partial charge >= 0.3 is 5.97 Å². The summed E-state index contributed by atoms with van der Waals surface area (Å²) in [6, 6.07) is 6.65. The molecule has 0 radical (unpaired) electrons. The summed E-state index contributed by atoms with van der Waals surface area (Å²) in [6.07, 6.45) is 0.0490. The van der Waals surface area contributed by atoms with E-state index in [2.05, 4.69) is 5.32 Å². The Bertz CT molecular complexity index is 549. The zero-order valence-electron chi connectivity index (χ0n) is 11.3. The molecule has 1 amide bonds. The van der Waals surface area contributed by atoms with Gasteiger partial charge in [0.15, 0.2) is 0 Å². The minimum atomic E-state index is -0.929. The third-order valence-electron chi connectivity index (χ3n) is 2.66. The van der Waals surface area contributed by atoms with Crippen LogP contribution in [0, 0.1) is 17.2 Å². The summed E-state index contributed by atoms with van der Waals surface area (Å²) in [5.74, 6) is -1.08. The number of carboxylic acid groups (broad SMARTS) is 1. The molecular formula is C14H16N2O4. The maximum atomic E-state index is 11.8. The molecule has 0 aliphatic rings. The Balaban J connectivity index is 2.71.